The van der Waals surface area contributed by atoms with Gasteiger partial charge < -0.3 is 5.32 Å². The van der Waals surface area contributed by atoms with Gasteiger partial charge >= 0.3 is 0 Å². The second kappa shape index (κ2) is 7.78. The zero-order valence-corrected chi connectivity index (χ0v) is 18.2. The molecule has 3 heterocycles. The maximum absolute atomic E-state index is 4.98. The van der Waals surface area contributed by atoms with Crippen LogP contribution in [0.2, 0.25) is 0 Å². The number of rotatable bonds is 5. The molecule has 0 aromatic carbocycles. The fraction of sp³-hybridized carbons (Fsp3) is 0.522. The lowest BCUT2D eigenvalue weighted by molar-refractivity contribution is 0.315. The average molecular weight is 395 g/mol. The van der Waals surface area contributed by atoms with Crippen LogP contribution < -0.4 is 5.32 Å². The number of pyridine rings is 1. The molecule has 0 aliphatic heterocycles. The number of fused-ring (bicyclic) bond motifs is 3. The second-order valence-electron chi connectivity index (χ2n) is 9.27. The molecule has 3 aromatic heterocycles. The minimum Gasteiger partial charge on any atom is -0.369 e. The Kier molecular flexibility index (Phi) is 5.37. The summed E-state index contributed by atoms with van der Waals surface area (Å²) in [5, 5.41) is 4.96. The summed E-state index contributed by atoms with van der Waals surface area (Å²) < 4.78 is 0. The zero-order chi connectivity index (χ0) is 19.7. The van der Waals surface area contributed by atoms with E-state index in [1.165, 1.54) is 41.5 Å². The van der Waals surface area contributed by atoms with Gasteiger partial charge in [0.05, 0.1) is 5.39 Å². The molecule has 0 amide bonds. The van der Waals surface area contributed by atoms with Crippen molar-refractivity contribution in [3.63, 3.8) is 0 Å². The summed E-state index contributed by atoms with van der Waals surface area (Å²) in [6.45, 7) is 10.2. The van der Waals surface area contributed by atoms with Gasteiger partial charge in [-0.15, -0.1) is 11.3 Å². The molecule has 0 fully saturated rings. The lowest BCUT2D eigenvalue weighted by Gasteiger charge is -2.24. The molecule has 0 spiro atoms. The van der Waals surface area contributed by atoms with Gasteiger partial charge in [0.1, 0.15) is 10.6 Å². The molecule has 1 unspecified atom stereocenters. The van der Waals surface area contributed by atoms with Crippen LogP contribution in [0.4, 0.5) is 5.82 Å². The van der Waals surface area contributed by atoms with Gasteiger partial charge in [0.2, 0.25) is 0 Å². The first-order valence-electron chi connectivity index (χ1n) is 10.4. The highest BCUT2D eigenvalue weighted by Crippen LogP contribution is 2.39. The number of aromatic nitrogens is 3. The standard InChI is InChI=1S/C23H30N4S/c1-15(13-23(2,3)4)14-25-21-19-17-7-5-6-8-18(17)28-22(19)27-20(26-21)16-9-11-24-12-10-16/h9-12,15H,5-8,13-14H2,1-4H3,(H,25,26,27). The van der Waals surface area contributed by atoms with Crippen LogP contribution in [-0.2, 0) is 12.8 Å². The molecule has 0 saturated heterocycles. The minimum absolute atomic E-state index is 0.339. The quantitative estimate of drug-likeness (QED) is 0.567. The first kappa shape index (κ1) is 19.3. The highest BCUT2D eigenvalue weighted by molar-refractivity contribution is 7.19. The maximum Gasteiger partial charge on any atom is 0.163 e. The minimum atomic E-state index is 0.339. The van der Waals surface area contributed by atoms with Crippen molar-refractivity contribution in [2.45, 2.75) is 59.8 Å². The van der Waals surface area contributed by atoms with E-state index in [1.807, 2.05) is 23.5 Å². The first-order valence-corrected chi connectivity index (χ1v) is 11.2. The number of hydrogen-bond acceptors (Lipinski definition) is 5. The molecule has 28 heavy (non-hydrogen) atoms. The normalized spacial score (nSPS) is 15.4. The molecule has 0 radical (unpaired) electrons. The Morgan fingerprint density at radius 3 is 2.61 bits per heavy atom. The highest BCUT2D eigenvalue weighted by atomic mass is 32.1. The third-order valence-electron chi connectivity index (χ3n) is 5.33. The fourth-order valence-corrected chi connectivity index (χ4v) is 5.57. The van der Waals surface area contributed by atoms with Crippen LogP contribution in [0.1, 0.15) is 57.4 Å². The average Bonchev–Trinajstić information content (AvgIpc) is 3.04. The summed E-state index contributed by atoms with van der Waals surface area (Å²) in [6, 6.07) is 3.97. The van der Waals surface area contributed by atoms with Crippen molar-refractivity contribution in [1.82, 2.24) is 15.0 Å². The Hall–Kier alpha value is -2.01. The lowest BCUT2D eigenvalue weighted by atomic mass is 9.85. The topological polar surface area (TPSA) is 50.7 Å². The number of thiophene rings is 1. The first-order chi connectivity index (χ1) is 13.4. The van der Waals surface area contributed by atoms with Crippen LogP contribution >= 0.6 is 11.3 Å². The number of anilines is 1. The van der Waals surface area contributed by atoms with Crippen molar-refractivity contribution in [1.29, 1.82) is 0 Å². The van der Waals surface area contributed by atoms with E-state index < -0.39 is 0 Å². The summed E-state index contributed by atoms with van der Waals surface area (Å²) in [4.78, 5) is 16.7. The van der Waals surface area contributed by atoms with E-state index in [1.54, 1.807) is 12.4 Å². The van der Waals surface area contributed by atoms with E-state index in [0.29, 0.717) is 11.3 Å². The Labute approximate surface area is 171 Å². The smallest absolute Gasteiger partial charge is 0.163 e. The summed E-state index contributed by atoms with van der Waals surface area (Å²) >= 11 is 1.86. The van der Waals surface area contributed by atoms with Gasteiger partial charge in [0.25, 0.3) is 0 Å². The Bertz CT molecular complexity index is 956. The molecule has 4 rings (SSSR count). The van der Waals surface area contributed by atoms with Crippen LogP contribution in [0.25, 0.3) is 21.6 Å². The number of hydrogen-bond donors (Lipinski definition) is 1. The summed E-state index contributed by atoms with van der Waals surface area (Å²) in [5.74, 6) is 2.39. The molecule has 0 saturated carbocycles. The van der Waals surface area contributed by atoms with E-state index in [2.05, 4.69) is 38.0 Å². The second-order valence-corrected chi connectivity index (χ2v) is 10.4. The molecule has 1 atom stereocenters. The summed E-state index contributed by atoms with van der Waals surface area (Å²) in [5.41, 5.74) is 2.85. The van der Waals surface area contributed by atoms with Gasteiger partial charge in [0, 0.05) is 29.4 Å². The largest absolute Gasteiger partial charge is 0.369 e. The van der Waals surface area contributed by atoms with Crippen molar-refractivity contribution in [2.24, 2.45) is 11.3 Å². The molecule has 4 nitrogen and oxygen atoms in total. The van der Waals surface area contributed by atoms with Crippen LogP contribution in [0.5, 0.6) is 0 Å². The number of aryl methyl sites for hydroxylation is 2. The maximum atomic E-state index is 4.98. The molecule has 148 valence electrons. The molecule has 3 aromatic rings. The monoisotopic (exact) mass is 394 g/mol. The molecule has 1 N–H and O–H groups in total. The predicted octanol–water partition coefficient (Wildman–Crippen LogP) is 6.12. The number of nitrogens with one attached hydrogen (secondary N) is 1. The molecule has 1 aliphatic carbocycles. The summed E-state index contributed by atoms with van der Waals surface area (Å²) in [6.07, 6.45) is 9.69. The Balaban J connectivity index is 1.72. The Morgan fingerprint density at radius 2 is 1.86 bits per heavy atom. The predicted molar refractivity (Wildman–Crippen MR) is 119 cm³/mol. The van der Waals surface area contributed by atoms with E-state index in [0.717, 1.165) is 35.0 Å². The van der Waals surface area contributed by atoms with Gasteiger partial charge in [-0.05, 0) is 61.1 Å². The molecule has 5 heteroatoms. The third-order valence-corrected chi connectivity index (χ3v) is 6.52. The molecular weight excluding hydrogens is 364 g/mol. The lowest BCUT2D eigenvalue weighted by Crippen LogP contribution is -2.19. The zero-order valence-electron chi connectivity index (χ0n) is 17.4. The van der Waals surface area contributed by atoms with Crippen molar-refractivity contribution in [2.75, 3.05) is 11.9 Å². The van der Waals surface area contributed by atoms with Gasteiger partial charge in [0.15, 0.2) is 5.82 Å². The van der Waals surface area contributed by atoms with Crippen LogP contribution in [0.15, 0.2) is 24.5 Å². The van der Waals surface area contributed by atoms with Crippen molar-refractivity contribution in [3.8, 4) is 11.4 Å². The van der Waals surface area contributed by atoms with Gasteiger partial charge in [-0.25, -0.2) is 9.97 Å². The van der Waals surface area contributed by atoms with Gasteiger partial charge in [-0.3, -0.25) is 4.98 Å². The van der Waals surface area contributed by atoms with Gasteiger partial charge in [-0.2, -0.15) is 0 Å². The molecular formula is C23H30N4S. The third kappa shape index (κ3) is 4.19. The van der Waals surface area contributed by atoms with E-state index in [-0.39, 0.29) is 0 Å². The van der Waals surface area contributed by atoms with E-state index >= 15 is 0 Å². The van der Waals surface area contributed by atoms with Crippen LogP contribution in [0, 0.1) is 11.3 Å². The summed E-state index contributed by atoms with van der Waals surface area (Å²) in [7, 11) is 0. The highest BCUT2D eigenvalue weighted by Gasteiger charge is 2.22. The van der Waals surface area contributed by atoms with Crippen molar-refractivity contribution in [3.05, 3.63) is 35.0 Å². The van der Waals surface area contributed by atoms with Crippen LogP contribution in [-0.4, -0.2) is 21.5 Å². The Morgan fingerprint density at radius 1 is 1.11 bits per heavy atom. The molecule has 1 aliphatic rings. The fourth-order valence-electron chi connectivity index (χ4n) is 4.30. The van der Waals surface area contributed by atoms with E-state index in [4.69, 9.17) is 9.97 Å². The van der Waals surface area contributed by atoms with Crippen LogP contribution in [0.3, 0.4) is 0 Å². The SMILES string of the molecule is CC(CNc1nc(-c2ccncc2)nc2sc3c(c12)CCCC3)CC(C)(C)C. The molecule has 0 bridgehead atoms. The van der Waals surface area contributed by atoms with Crippen molar-refractivity contribution >= 4 is 27.4 Å². The number of nitrogens with zero attached hydrogens (tertiary/aromatic N) is 3. The van der Waals surface area contributed by atoms with Gasteiger partial charge in [-0.1, -0.05) is 27.7 Å². The van der Waals surface area contributed by atoms with E-state index in [9.17, 15) is 0 Å². The van der Waals surface area contributed by atoms with Crippen molar-refractivity contribution < 1.29 is 0 Å².